The fourth-order valence-electron chi connectivity index (χ4n) is 1.90. The molecule has 0 aromatic heterocycles. The van der Waals surface area contributed by atoms with Crippen molar-refractivity contribution in [2.24, 2.45) is 0 Å². The Morgan fingerprint density at radius 1 is 1.33 bits per heavy atom. The van der Waals surface area contributed by atoms with Gasteiger partial charge in [-0.15, -0.1) is 0 Å². The van der Waals surface area contributed by atoms with Gasteiger partial charge < -0.3 is 5.32 Å². The Bertz CT molecular complexity index is 309. The van der Waals surface area contributed by atoms with Crippen LogP contribution in [0.2, 0.25) is 5.02 Å². The van der Waals surface area contributed by atoms with Gasteiger partial charge in [-0.1, -0.05) is 38.4 Å². The molecule has 2 heteroatoms. The van der Waals surface area contributed by atoms with Crippen molar-refractivity contribution < 1.29 is 0 Å². The maximum Gasteiger partial charge on any atom is 0.0409 e. The number of hydrogen-bond donors (Lipinski definition) is 1. The standard InChI is InChI=1S/C11H14ClN.C2H6/c1-8-7-13-5-4-9-2-3-10(12)6-11(8)9;1-2/h2-3,6,8,13H,4-5,7H2,1H3;1-2H3. The minimum atomic E-state index is 0.580. The van der Waals surface area contributed by atoms with Crippen molar-refractivity contribution in [2.45, 2.75) is 33.1 Å². The van der Waals surface area contributed by atoms with Crippen LogP contribution in [0.4, 0.5) is 0 Å². The number of benzene rings is 1. The lowest BCUT2D eigenvalue weighted by Crippen LogP contribution is -2.18. The first kappa shape index (κ1) is 12.5. The maximum atomic E-state index is 5.97. The fraction of sp³-hybridized carbons (Fsp3) is 0.538. The van der Waals surface area contributed by atoms with Crippen LogP contribution in [-0.4, -0.2) is 13.1 Å². The molecule has 0 radical (unpaired) electrons. The molecule has 15 heavy (non-hydrogen) atoms. The van der Waals surface area contributed by atoms with Gasteiger partial charge in [-0.2, -0.15) is 0 Å². The van der Waals surface area contributed by atoms with Crippen molar-refractivity contribution in [2.75, 3.05) is 13.1 Å². The molecule has 0 spiro atoms. The van der Waals surface area contributed by atoms with Crippen LogP contribution in [0.25, 0.3) is 0 Å². The van der Waals surface area contributed by atoms with Crippen molar-refractivity contribution in [3.63, 3.8) is 0 Å². The second-order valence-electron chi connectivity index (χ2n) is 3.70. The molecule has 1 atom stereocenters. The Morgan fingerprint density at radius 2 is 2.07 bits per heavy atom. The van der Waals surface area contributed by atoms with Crippen LogP contribution in [0.15, 0.2) is 18.2 Å². The Hall–Kier alpha value is -0.530. The fourth-order valence-corrected chi connectivity index (χ4v) is 2.08. The summed E-state index contributed by atoms with van der Waals surface area (Å²) in [4.78, 5) is 0. The molecule has 84 valence electrons. The average molecular weight is 226 g/mol. The van der Waals surface area contributed by atoms with Crippen molar-refractivity contribution in [1.82, 2.24) is 5.32 Å². The van der Waals surface area contributed by atoms with Crippen molar-refractivity contribution in [1.29, 1.82) is 0 Å². The molecule has 1 aromatic carbocycles. The highest BCUT2D eigenvalue weighted by Gasteiger charge is 2.13. The summed E-state index contributed by atoms with van der Waals surface area (Å²) in [5.74, 6) is 0.580. The molecule has 1 unspecified atom stereocenters. The minimum absolute atomic E-state index is 0.580. The van der Waals surface area contributed by atoms with Gasteiger partial charge in [0.2, 0.25) is 0 Å². The van der Waals surface area contributed by atoms with E-state index in [0.29, 0.717) is 5.92 Å². The SMILES string of the molecule is CC.CC1CNCCc2ccc(Cl)cc21. The Morgan fingerprint density at radius 3 is 2.80 bits per heavy atom. The molecule has 1 heterocycles. The predicted molar refractivity (Wildman–Crippen MR) is 67.8 cm³/mol. The molecule has 1 aromatic rings. The Balaban J connectivity index is 0.000000531. The first-order chi connectivity index (χ1) is 7.27. The summed E-state index contributed by atoms with van der Waals surface area (Å²) >= 11 is 5.97. The number of halogens is 1. The molecule has 2 rings (SSSR count). The van der Waals surface area contributed by atoms with Gasteiger partial charge in [0.15, 0.2) is 0 Å². The Kier molecular flexibility index (Phi) is 5.13. The summed E-state index contributed by atoms with van der Waals surface area (Å²) < 4.78 is 0. The van der Waals surface area contributed by atoms with Gasteiger partial charge in [-0.25, -0.2) is 0 Å². The lowest BCUT2D eigenvalue weighted by Gasteiger charge is -2.11. The van der Waals surface area contributed by atoms with E-state index in [1.54, 1.807) is 0 Å². The van der Waals surface area contributed by atoms with Crippen LogP contribution >= 0.6 is 11.6 Å². The summed E-state index contributed by atoms with van der Waals surface area (Å²) in [6.45, 7) is 8.39. The lowest BCUT2D eigenvalue weighted by atomic mass is 9.96. The first-order valence-corrected chi connectivity index (χ1v) is 6.14. The van der Waals surface area contributed by atoms with Crippen LogP contribution in [0, 0.1) is 0 Å². The molecule has 0 aliphatic carbocycles. The first-order valence-electron chi connectivity index (χ1n) is 5.76. The van der Waals surface area contributed by atoms with E-state index in [1.807, 2.05) is 19.9 Å². The van der Waals surface area contributed by atoms with E-state index >= 15 is 0 Å². The lowest BCUT2D eigenvalue weighted by molar-refractivity contribution is 0.644. The van der Waals surface area contributed by atoms with E-state index in [1.165, 1.54) is 11.1 Å². The molecule has 1 aliphatic heterocycles. The van der Waals surface area contributed by atoms with E-state index < -0.39 is 0 Å². The third kappa shape index (κ3) is 3.22. The Labute approximate surface area is 97.8 Å². The summed E-state index contributed by atoms with van der Waals surface area (Å²) in [6, 6.07) is 6.24. The zero-order chi connectivity index (χ0) is 11.3. The largest absolute Gasteiger partial charge is 0.316 e. The molecule has 0 saturated carbocycles. The normalized spacial score (nSPS) is 19.6. The van der Waals surface area contributed by atoms with E-state index in [2.05, 4.69) is 24.4 Å². The summed E-state index contributed by atoms with van der Waals surface area (Å²) in [7, 11) is 0. The van der Waals surface area contributed by atoms with Crippen LogP contribution in [0.1, 0.15) is 37.8 Å². The van der Waals surface area contributed by atoms with Gasteiger partial charge >= 0.3 is 0 Å². The van der Waals surface area contributed by atoms with E-state index in [0.717, 1.165) is 24.5 Å². The highest BCUT2D eigenvalue weighted by Crippen LogP contribution is 2.25. The second kappa shape index (κ2) is 6.14. The van der Waals surface area contributed by atoms with Crippen molar-refractivity contribution in [3.05, 3.63) is 34.3 Å². The smallest absolute Gasteiger partial charge is 0.0409 e. The van der Waals surface area contributed by atoms with Gasteiger partial charge in [0, 0.05) is 11.6 Å². The summed E-state index contributed by atoms with van der Waals surface area (Å²) in [6.07, 6.45) is 1.12. The zero-order valence-electron chi connectivity index (χ0n) is 9.81. The average Bonchev–Trinajstić information content (AvgIpc) is 2.44. The maximum absolute atomic E-state index is 5.97. The number of rotatable bonds is 0. The monoisotopic (exact) mass is 225 g/mol. The number of hydrogen-bond acceptors (Lipinski definition) is 1. The molecule has 0 bridgehead atoms. The zero-order valence-corrected chi connectivity index (χ0v) is 10.6. The molecule has 0 amide bonds. The second-order valence-corrected chi connectivity index (χ2v) is 4.13. The molecule has 1 nitrogen and oxygen atoms in total. The van der Waals surface area contributed by atoms with Gasteiger partial charge in [0.1, 0.15) is 0 Å². The summed E-state index contributed by atoms with van der Waals surface area (Å²) in [5.41, 5.74) is 2.86. The molecule has 1 aliphatic rings. The van der Waals surface area contributed by atoms with E-state index in [-0.39, 0.29) is 0 Å². The quantitative estimate of drug-likeness (QED) is 0.711. The minimum Gasteiger partial charge on any atom is -0.316 e. The van der Waals surface area contributed by atoms with E-state index in [4.69, 9.17) is 11.6 Å². The van der Waals surface area contributed by atoms with Gasteiger partial charge in [0.05, 0.1) is 0 Å². The van der Waals surface area contributed by atoms with E-state index in [9.17, 15) is 0 Å². The van der Waals surface area contributed by atoms with Gasteiger partial charge in [-0.05, 0) is 42.1 Å². The molecular formula is C13H20ClN. The molecular weight excluding hydrogens is 206 g/mol. The van der Waals surface area contributed by atoms with Crippen LogP contribution < -0.4 is 5.32 Å². The number of fused-ring (bicyclic) bond motifs is 1. The highest BCUT2D eigenvalue weighted by atomic mass is 35.5. The highest BCUT2D eigenvalue weighted by molar-refractivity contribution is 6.30. The summed E-state index contributed by atoms with van der Waals surface area (Å²) in [5, 5.41) is 4.27. The third-order valence-corrected chi connectivity index (χ3v) is 2.90. The molecule has 0 saturated heterocycles. The predicted octanol–water partition coefficient (Wildman–Crippen LogP) is 3.62. The molecule has 1 N–H and O–H groups in total. The molecule has 0 fully saturated rings. The van der Waals surface area contributed by atoms with Crippen molar-refractivity contribution in [3.8, 4) is 0 Å². The van der Waals surface area contributed by atoms with Crippen LogP contribution in [-0.2, 0) is 6.42 Å². The number of nitrogens with one attached hydrogen (secondary N) is 1. The van der Waals surface area contributed by atoms with Gasteiger partial charge in [0.25, 0.3) is 0 Å². The third-order valence-electron chi connectivity index (χ3n) is 2.66. The van der Waals surface area contributed by atoms with Crippen LogP contribution in [0.5, 0.6) is 0 Å². The van der Waals surface area contributed by atoms with Crippen molar-refractivity contribution >= 4 is 11.6 Å². The van der Waals surface area contributed by atoms with Gasteiger partial charge in [-0.3, -0.25) is 0 Å². The van der Waals surface area contributed by atoms with Crippen LogP contribution in [0.3, 0.4) is 0 Å². The topological polar surface area (TPSA) is 12.0 Å².